The fourth-order valence-electron chi connectivity index (χ4n) is 3.63. The van der Waals surface area contributed by atoms with E-state index in [2.05, 4.69) is 10.5 Å². The number of amides is 1. The molecule has 4 rings (SSSR count). The second kappa shape index (κ2) is 12.0. The van der Waals surface area contributed by atoms with Gasteiger partial charge in [0.1, 0.15) is 0 Å². The molecule has 0 unspecified atom stereocenters. The molecule has 0 radical (unpaired) electrons. The Morgan fingerprint density at radius 1 is 0.868 bits per heavy atom. The van der Waals surface area contributed by atoms with Crippen LogP contribution in [0.15, 0.2) is 101 Å². The summed E-state index contributed by atoms with van der Waals surface area (Å²) >= 11 is 18.4. The maximum atomic E-state index is 13.9. The lowest BCUT2D eigenvalue weighted by atomic mass is 10.1. The van der Waals surface area contributed by atoms with Gasteiger partial charge < -0.3 is 0 Å². The van der Waals surface area contributed by atoms with Crippen LogP contribution in [0.25, 0.3) is 0 Å². The Hall–Kier alpha value is -3.36. The van der Waals surface area contributed by atoms with Crippen LogP contribution in [0.4, 0.5) is 5.69 Å². The summed E-state index contributed by atoms with van der Waals surface area (Å²) < 4.78 is 28.9. The van der Waals surface area contributed by atoms with E-state index in [0.717, 1.165) is 5.56 Å². The monoisotopic (exact) mass is 585 g/mol. The van der Waals surface area contributed by atoms with E-state index in [-0.39, 0.29) is 22.7 Å². The standard InChI is InChI=1S/C28H22Cl3N3O3S/c1-19-9-15-22(16-10-19)38(36,37)34(18-20-11-13-21(29)14-12-20)27-8-3-2-5-23(27)28(35)33-32-17-24-25(30)6-4-7-26(24)31/h2-17H,18H2,1H3,(H,33,35)/b32-17-. The number of halogens is 3. The highest BCUT2D eigenvalue weighted by Crippen LogP contribution is 2.30. The fraction of sp³-hybridized carbons (Fsp3) is 0.0714. The van der Waals surface area contributed by atoms with Crippen LogP contribution in [0, 0.1) is 6.92 Å². The third-order valence-corrected chi connectivity index (χ3v) is 8.31. The molecule has 0 heterocycles. The molecule has 1 N–H and O–H groups in total. The van der Waals surface area contributed by atoms with Gasteiger partial charge in [-0.1, -0.05) is 82.8 Å². The quantitative estimate of drug-likeness (QED) is 0.176. The maximum absolute atomic E-state index is 13.9. The molecule has 1 amide bonds. The van der Waals surface area contributed by atoms with Crippen LogP contribution in [-0.2, 0) is 16.6 Å². The van der Waals surface area contributed by atoms with Crippen molar-refractivity contribution >= 4 is 62.6 Å². The SMILES string of the molecule is Cc1ccc(S(=O)(=O)N(Cc2ccc(Cl)cc2)c2ccccc2C(=O)N/N=C\c2c(Cl)cccc2Cl)cc1. The highest BCUT2D eigenvalue weighted by Gasteiger charge is 2.28. The second-order valence-corrected chi connectivity index (χ2v) is 11.4. The van der Waals surface area contributed by atoms with Crippen LogP contribution in [0.3, 0.4) is 0 Å². The lowest BCUT2D eigenvalue weighted by molar-refractivity contribution is 0.0955. The third-order valence-electron chi connectivity index (χ3n) is 5.63. The number of sulfonamides is 1. The minimum absolute atomic E-state index is 0.0316. The van der Waals surface area contributed by atoms with Crippen molar-refractivity contribution in [1.29, 1.82) is 0 Å². The second-order valence-electron chi connectivity index (χ2n) is 8.30. The molecule has 0 aromatic heterocycles. The Labute approximate surface area is 236 Å². The van der Waals surface area contributed by atoms with Gasteiger partial charge in [-0.25, -0.2) is 13.8 Å². The van der Waals surface area contributed by atoms with Crippen LogP contribution in [0.1, 0.15) is 27.0 Å². The van der Waals surface area contributed by atoms with Crippen LogP contribution in [-0.4, -0.2) is 20.5 Å². The number of hydrogen-bond acceptors (Lipinski definition) is 4. The molecule has 194 valence electrons. The fourth-order valence-corrected chi connectivity index (χ4v) is 5.72. The van der Waals surface area contributed by atoms with E-state index in [4.69, 9.17) is 34.8 Å². The van der Waals surface area contributed by atoms with Crippen molar-refractivity contribution in [3.8, 4) is 0 Å². The molecule has 4 aromatic carbocycles. The van der Waals surface area contributed by atoms with Gasteiger partial charge in [0.15, 0.2) is 0 Å². The summed E-state index contributed by atoms with van der Waals surface area (Å²) in [5.74, 6) is -0.611. The zero-order valence-corrected chi connectivity index (χ0v) is 23.2. The molecule has 6 nitrogen and oxygen atoms in total. The molecule has 0 aliphatic carbocycles. The van der Waals surface area contributed by atoms with Crippen LogP contribution < -0.4 is 9.73 Å². The first-order valence-electron chi connectivity index (χ1n) is 11.4. The van der Waals surface area contributed by atoms with E-state index in [1.54, 1.807) is 84.9 Å². The van der Waals surface area contributed by atoms with E-state index >= 15 is 0 Å². The number of hydrazone groups is 1. The Morgan fingerprint density at radius 3 is 2.16 bits per heavy atom. The van der Waals surface area contributed by atoms with Crippen molar-refractivity contribution in [3.05, 3.63) is 128 Å². The number of benzene rings is 4. The number of carbonyl (C=O) groups excluding carboxylic acids is 1. The minimum atomic E-state index is -4.06. The van der Waals surface area contributed by atoms with Crippen molar-refractivity contribution in [2.24, 2.45) is 5.10 Å². The summed E-state index contributed by atoms with van der Waals surface area (Å²) in [6.07, 6.45) is 1.33. The van der Waals surface area contributed by atoms with Gasteiger partial charge >= 0.3 is 0 Å². The van der Waals surface area contributed by atoms with Gasteiger partial charge in [-0.2, -0.15) is 5.10 Å². The van der Waals surface area contributed by atoms with Crippen LogP contribution >= 0.6 is 34.8 Å². The number of nitrogens with one attached hydrogen (secondary N) is 1. The minimum Gasteiger partial charge on any atom is -0.267 e. The van der Waals surface area contributed by atoms with Crippen molar-refractivity contribution in [1.82, 2.24) is 5.43 Å². The summed E-state index contributed by atoms with van der Waals surface area (Å²) in [5.41, 5.74) is 4.79. The van der Waals surface area contributed by atoms with Crippen molar-refractivity contribution < 1.29 is 13.2 Å². The lowest BCUT2D eigenvalue weighted by Crippen LogP contribution is -2.33. The van der Waals surface area contributed by atoms with E-state index in [1.807, 2.05) is 6.92 Å². The highest BCUT2D eigenvalue weighted by molar-refractivity contribution is 7.92. The Bertz CT molecular complexity index is 1570. The number of carbonyl (C=O) groups is 1. The predicted molar refractivity (Wildman–Crippen MR) is 154 cm³/mol. The number of para-hydroxylation sites is 1. The van der Waals surface area contributed by atoms with Crippen LogP contribution in [0.5, 0.6) is 0 Å². The molecular formula is C28H22Cl3N3O3S. The number of nitrogens with zero attached hydrogens (tertiary/aromatic N) is 2. The van der Waals surface area contributed by atoms with Crippen molar-refractivity contribution in [3.63, 3.8) is 0 Å². The lowest BCUT2D eigenvalue weighted by Gasteiger charge is -2.26. The summed E-state index contributed by atoms with van der Waals surface area (Å²) in [7, 11) is -4.06. The van der Waals surface area contributed by atoms with Gasteiger partial charge in [-0.3, -0.25) is 9.10 Å². The van der Waals surface area contributed by atoms with Gasteiger partial charge in [-0.05, 0) is 61.0 Å². The topological polar surface area (TPSA) is 78.8 Å². The summed E-state index contributed by atoms with van der Waals surface area (Å²) in [6, 6.07) is 24.8. The molecule has 0 saturated heterocycles. The molecule has 0 bridgehead atoms. The smallest absolute Gasteiger partial charge is 0.267 e. The van der Waals surface area contributed by atoms with Gasteiger partial charge in [0, 0.05) is 10.6 Å². The van der Waals surface area contributed by atoms with Gasteiger partial charge in [0.05, 0.1) is 39.0 Å². The highest BCUT2D eigenvalue weighted by atomic mass is 35.5. The Balaban J connectivity index is 1.72. The van der Waals surface area contributed by atoms with Gasteiger partial charge in [0.25, 0.3) is 15.9 Å². The summed E-state index contributed by atoms with van der Waals surface area (Å²) in [5, 5.41) is 5.25. The molecule has 0 atom stereocenters. The largest absolute Gasteiger partial charge is 0.273 e. The Morgan fingerprint density at radius 2 is 1.50 bits per heavy atom. The number of rotatable bonds is 8. The molecule has 0 aliphatic heterocycles. The first-order chi connectivity index (χ1) is 18.2. The van der Waals surface area contributed by atoms with E-state index in [0.29, 0.717) is 26.2 Å². The zero-order chi connectivity index (χ0) is 27.3. The maximum Gasteiger partial charge on any atom is 0.273 e. The molecule has 0 spiro atoms. The van der Waals surface area contributed by atoms with Crippen molar-refractivity contribution in [2.45, 2.75) is 18.4 Å². The zero-order valence-electron chi connectivity index (χ0n) is 20.1. The van der Waals surface area contributed by atoms with Gasteiger partial charge in [-0.15, -0.1) is 0 Å². The van der Waals surface area contributed by atoms with Crippen LogP contribution in [0.2, 0.25) is 15.1 Å². The molecule has 0 aliphatic rings. The molecule has 10 heteroatoms. The molecule has 0 saturated carbocycles. The summed E-state index contributed by atoms with van der Waals surface area (Å²) in [4.78, 5) is 13.3. The first kappa shape index (κ1) is 27.7. The molecule has 38 heavy (non-hydrogen) atoms. The molecule has 0 fully saturated rings. The van der Waals surface area contributed by atoms with E-state index < -0.39 is 15.9 Å². The first-order valence-corrected chi connectivity index (χ1v) is 13.9. The van der Waals surface area contributed by atoms with Crippen molar-refractivity contribution in [2.75, 3.05) is 4.31 Å². The average Bonchev–Trinajstić information content (AvgIpc) is 2.90. The average molecular weight is 587 g/mol. The predicted octanol–water partition coefficient (Wildman–Crippen LogP) is 7.11. The van der Waals surface area contributed by atoms with E-state index in [9.17, 15) is 13.2 Å². The van der Waals surface area contributed by atoms with E-state index in [1.165, 1.54) is 16.6 Å². The third kappa shape index (κ3) is 6.37. The molecule has 4 aromatic rings. The Kier molecular flexibility index (Phi) is 8.74. The summed E-state index contributed by atoms with van der Waals surface area (Å²) in [6.45, 7) is 1.84. The number of hydrogen-bond donors (Lipinski definition) is 1. The normalized spacial score (nSPS) is 11.5. The van der Waals surface area contributed by atoms with Gasteiger partial charge in [0.2, 0.25) is 0 Å². The number of anilines is 1. The molecular weight excluding hydrogens is 565 g/mol. The number of aryl methyl sites for hydroxylation is 1.